The van der Waals surface area contributed by atoms with Crippen LogP contribution in [0.4, 0.5) is 24.5 Å². The first-order valence-electron chi connectivity index (χ1n) is 8.27. The Labute approximate surface area is 150 Å². The van der Waals surface area contributed by atoms with Crippen molar-refractivity contribution < 1.29 is 21.6 Å². The van der Waals surface area contributed by atoms with Crippen molar-refractivity contribution in [3.05, 3.63) is 59.4 Å². The fourth-order valence-corrected chi connectivity index (χ4v) is 5.25. The number of hydrogen-bond acceptors (Lipinski definition) is 3. The van der Waals surface area contributed by atoms with Crippen LogP contribution in [0.15, 0.2) is 36.4 Å². The highest BCUT2D eigenvalue weighted by Gasteiger charge is 2.40. The maximum Gasteiger partial charge on any atom is 0.242 e. The third kappa shape index (κ3) is 3.31. The molecule has 1 atom stereocenters. The van der Waals surface area contributed by atoms with E-state index in [1.807, 2.05) is 0 Å². The minimum absolute atomic E-state index is 0.132. The van der Waals surface area contributed by atoms with Crippen molar-refractivity contribution >= 4 is 21.4 Å². The zero-order valence-electron chi connectivity index (χ0n) is 14.2. The van der Waals surface area contributed by atoms with Gasteiger partial charge in [-0.05, 0) is 68.8 Å². The summed E-state index contributed by atoms with van der Waals surface area (Å²) in [5.74, 6) is -2.89. The summed E-state index contributed by atoms with van der Waals surface area (Å²) < 4.78 is 68.9. The molecule has 8 heteroatoms. The third-order valence-corrected chi connectivity index (χ3v) is 6.63. The van der Waals surface area contributed by atoms with Gasteiger partial charge in [-0.15, -0.1) is 0 Å². The van der Waals surface area contributed by atoms with E-state index >= 15 is 0 Å². The van der Waals surface area contributed by atoms with Gasteiger partial charge >= 0.3 is 0 Å². The van der Waals surface area contributed by atoms with Gasteiger partial charge in [0.15, 0.2) is 11.6 Å². The van der Waals surface area contributed by atoms with E-state index in [4.69, 9.17) is 0 Å². The molecule has 1 N–H and O–H groups in total. The number of nitrogens with zero attached hydrogens (tertiary/aromatic N) is 1. The Bertz CT molecular complexity index is 919. The number of benzene rings is 2. The molecule has 26 heavy (non-hydrogen) atoms. The highest BCUT2D eigenvalue weighted by molar-refractivity contribution is 7.93. The summed E-state index contributed by atoms with van der Waals surface area (Å²) in [6.07, 6.45) is 1.05. The van der Waals surface area contributed by atoms with Crippen LogP contribution >= 0.6 is 0 Å². The first-order valence-corrected chi connectivity index (χ1v) is 9.77. The minimum atomic E-state index is -3.99. The smallest absolute Gasteiger partial charge is 0.242 e. The lowest BCUT2D eigenvalue weighted by atomic mass is 10.0. The quantitative estimate of drug-likeness (QED) is 0.803. The van der Waals surface area contributed by atoms with E-state index in [0.29, 0.717) is 24.9 Å². The van der Waals surface area contributed by atoms with Crippen molar-refractivity contribution in [1.82, 2.24) is 5.32 Å². The van der Waals surface area contributed by atoms with Gasteiger partial charge in [-0.1, -0.05) is 6.07 Å². The molecule has 0 unspecified atom stereocenters. The molecular formula is C18H19F3N2O2S. The predicted octanol–water partition coefficient (Wildman–Crippen LogP) is 3.50. The van der Waals surface area contributed by atoms with E-state index in [2.05, 4.69) is 5.32 Å². The second kappa shape index (κ2) is 7.28. The topological polar surface area (TPSA) is 49.4 Å². The Morgan fingerprint density at radius 1 is 1.15 bits per heavy atom. The number of rotatable bonds is 5. The second-order valence-corrected chi connectivity index (χ2v) is 8.29. The monoisotopic (exact) mass is 384 g/mol. The third-order valence-electron chi connectivity index (χ3n) is 4.49. The molecule has 1 aliphatic rings. The van der Waals surface area contributed by atoms with Crippen LogP contribution in [-0.2, 0) is 16.4 Å². The van der Waals surface area contributed by atoms with Gasteiger partial charge in [-0.2, -0.15) is 0 Å². The predicted molar refractivity (Wildman–Crippen MR) is 94.5 cm³/mol. The lowest BCUT2D eigenvalue weighted by molar-refractivity contribution is 0.508. The number of fused-ring (bicyclic) bond motifs is 1. The Morgan fingerprint density at radius 2 is 1.92 bits per heavy atom. The molecule has 3 rings (SSSR count). The average Bonchev–Trinajstić information content (AvgIpc) is 2.59. The Morgan fingerprint density at radius 3 is 2.65 bits per heavy atom. The van der Waals surface area contributed by atoms with Gasteiger partial charge in [0.25, 0.3) is 0 Å². The molecule has 4 nitrogen and oxygen atoms in total. The van der Waals surface area contributed by atoms with Gasteiger partial charge in [0, 0.05) is 0 Å². The molecular weight excluding hydrogens is 365 g/mol. The Hall–Kier alpha value is -2.06. The fraction of sp³-hybridized carbons (Fsp3) is 0.333. The molecule has 0 radical (unpaired) electrons. The van der Waals surface area contributed by atoms with Crippen molar-refractivity contribution in [3.8, 4) is 0 Å². The molecule has 0 saturated heterocycles. The Kier molecular flexibility index (Phi) is 5.24. The average molecular weight is 384 g/mol. The SMILES string of the molecule is CNCCC[C@@H]1Cc2cc(F)ccc2N(c2cccc(F)c2F)S1(=O)=O. The summed E-state index contributed by atoms with van der Waals surface area (Å²) in [5.41, 5.74) is 0.217. The summed E-state index contributed by atoms with van der Waals surface area (Å²) in [4.78, 5) is 0. The van der Waals surface area contributed by atoms with Crippen LogP contribution in [0.1, 0.15) is 18.4 Å². The van der Waals surface area contributed by atoms with Crippen molar-refractivity contribution in [2.75, 3.05) is 17.9 Å². The largest absolute Gasteiger partial charge is 0.320 e. The van der Waals surface area contributed by atoms with Gasteiger partial charge in [-0.3, -0.25) is 0 Å². The van der Waals surface area contributed by atoms with Gasteiger partial charge in [0.05, 0.1) is 16.6 Å². The molecule has 140 valence electrons. The highest BCUT2D eigenvalue weighted by Crippen LogP contribution is 2.41. The summed E-state index contributed by atoms with van der Waals surface area (Å²) in [5, 5.41) is 2.10. The number of sulfonamides is 1. The van der Waals surface area contributed by atoms with E-state index in [1.165, 1.54) is 24.3 Å². The van der Waals surface area contributed by atoms with Crippen molar-refractivity contribution in [1.29, 1.82) is 0 Å². The molecule has 2 aromatic carbocycles. The normalized spacial score (nSPS) is 18.6. The minimum Gasteiger partial charge on any atom is -0.320 e. The fourth-order valence-electron chi connectivity index (χ4n) is 3.23. The molecule has 1 heterocycles. The standard InChI is InChI=1S/C18H19F3N2O2S/c1-22-9-3-4-14-11-12-10-13(19)7-8-16(12)23(26(14,24)25)17-6-2-5-15(20)18(17)21/h2,5-8,10,14,22H,3-4,9,11H2,1H3/t14-/m1/s1. The van der Waals surface area contributed by atoms with Crippen LogP contribution in [0.5, 0.6) is 0 Å². The lowest BCUT2D eigenvalue weighted by Gasteiger charge is -2.35. The van der Waals surface area contributed by atoms with Gasteiger partial charge in [-0.25, -0.2) is 25.9 Å². The molecule has 0 amide bonds. The van der Waals surface area contributed by atoms with E-state index in [-0.39, 0.29) is 12.1 Å². The van der Waals surface area contributed by atoms with Crippen LogP contribution in [0.3, 0.4) is 0 Å². The van der Waals surface area contributed by atoms with Crippen LogP contribution in [-0.4, -0.2) is 27.3 Å². The summed E-state index contributed by atoms with van der Waals surface area (Å²) >= 11 is 0. The number of hydrogen-bond donors (Lipinski definition) is 1. The van der Waals surface area contributed by atoms with Crippen molar-refractivity contribution in [3.63, 3.8) is 0 Å². The molecule has 2 aromatic rings. The van der Waals surface area contributed by atoms with Gasteiger partial charge < -0.3 is 5.32 Å². The first-order chi connectivity index (χ1) is 12.4. The number of anilines is 2. The van der Waals surface area contributed by atoms with Gasteiger partial charge in [0.2, 0.25) is 10.0 Å². The molecule has 1 aliphatic heterocycles. The summed E-state index contributed by atoms with van der Waals surface area (Å²) in [6.45, 7) is 0.621. The molecule has 0 fully saturated rings. The Balaban J connectivity index is 2.15. The van der Waals surface area contributed by atoms with E-state index in [9.17, 15) is 21.6 Å². The molecule has 0 aromatic heterocycles. The molecule has 0 saturated carbocycles. The van der Waals surface area contributed by atoms with E-state index in [0.717, 1.165) is 16.4 Å². The molecule has 0 bridgehead atoms. The molecule has 0 aliphatic carbocycles. The van der Waals surface area contributed by atoms with Crippen LogP contribution in [0.2, 0.25) is 0 Å². The van der Waals surface area contributed by atoms with Crippen molar-refractivity contribution in [2.45, 2.75) is 24.5 Å². The van der Waals surface area contributed by atoms with Gasteiger partial charge in [0.1, 0.15) is 5.82 Å². The maximum absolute atomic E-state index is 14.4. The van der Waals surface area contributed by atoms with Crippen LogP contribution in [0, 0.1) is 17.5 Å². The first kappa shape index (κ1) is 18.7. The number of nitrogens with one attached hydrogen (secondary N) is 1. The lowest BCUT2D eigenvalue weighted by Crippen LogP contribution is -2.42. The maximum atomic E-state index is 14.4. The summed E-state index contributed by atoms with van der Waals surface area (Å²) in [7, 11) is -2.23. The second-order valence-electron chi connectivity index (χ2n) is 6.23. The zero-order valence-corrected chi connectivity index (χ0v) is 15.0. The number of halogens is 3. The van der Waals surface area contributed by atoms with Crippen LogP contribution in [0.25, 0.3) is 0 Å². The van der Waals surface area contributed by atoms with Crippen molar-refractivity contribution in [2.24, 2.45) is 0 Å². The van der Waals surface area contributed by atoms with Crippen LogP contribution < -0.4 is 9.62 Å². The van der Waals surface area contributed by atoms with E-state index < -0.39 is 38.4 Å². The zero-order chi connectivity index (χ0) is 18.9. The highest BCUT2D eigenvalue weighted by atomic mass is 32.2. The van der Waals surface area contributed by atoms with E-state index in [1.54, 1.807) is 7.05 Å². The molecule has 0 spiro atoms. The summed E-state index contributed by atoms with van der Waals surface area (Å²) in [6, 6.07) is 7.02.